The quantitative estimate of drug-likeness (QED) is 0.125. The van der Waals surface area contributed by atoms with Crippen LogP contribution in [0, 0.1) is 6.92 Å². The number of carbonyl (C=O) groups is 2. The zero-order valence-electron chi connectivity index (χ0n) is 29.0. The van der Waals surface area contributed by atoms with Crippen molar-refractivity contribution in [1.82, 2.24) is 10.2 Å². The molecule has 4 aromatic rings. The summed E-state index contributed by atoms with van der Waals surface area (Å²) in [5.41, 5.74) is 2.62. The second-order valence-electron chi connectivity index (χ2n) is 11.6. The Bertz CT molecular complexity index is 1870. The molecule has 1 N–H and O–H groups in total. The predicted molar refractivity (Wildman–Crippen MR) is 196 cm³/mol. The third-order valence-corrected chi connectivity index (χ3v) is 10.3. The van der Waals surface area contributed by atoms with Gasteiger partial charge in [-0.2, -0.15) is 0 Å². The number of benzene rings is 4. The van der Waals surface area contributed by atoms with Crippen molar-refractivity contribution >= 4 is 39.1 Å². The van der Waals surface area contributed by atoms with Crippen LogP contribution in [0.1, 0.15) is 36.5 Å². The SMILES string of the molecule is CCCCNC(=O)C(Cc1ccccc1)N(Cc1ccccc1C)C(=O)CN(c1cc(Cl)ccc1OC)S(=O)(=O)c1ccc(OC)c(OC)c1. The Morgan fingerprint density at radius 2 is 1.50 bits per heavy atom. The lowest BCUT2D eigenvalue weighted by Gasteiger charge is -2.34. The second kappa shape index (κ2) is 17.8. The fraction of sp³-hybridized carbons (Fsp3) is 0.316. The number of ether oxygens (including phenoxy) is 3. The van der Waals surface area contributed by atoms with Crippen molar-refractivity contribution in [3.05, 3.63) is 113 Å². The van der Waals surface area contributed by atoms with E-state index in [9.17, 15) is 18.0 Å². The average molecular weight is 722 g/mol. The Hall–Kier alpha value is -4.74. The topological polar surface area (TPSA) is 114 Å². The molecule has 0 aliphatic heterocycles. The van der Waals surface area contributed by atoms with Crippen molar-refractivity contribution in [1.29, 1.82) is 0 Å². The van der Waals surface area contributed by atoms with Gasteiger partial charge >= 0.3 is 0 Å². The molecule has 0 spiro atoms. The lowest BCUT2D eigenvalue weighted by molar-refractivity contribution is -0.140. The minimum atomic E-state index is -4.48. The van der Waals surface area contributed by atoms with E-state index in [0.717, 1.165) is 33.8 Å². The fourth-order valence-corrected chi connectivity index (χ4v) is 7.11. The van der Waals surface area contributed by atoms with Gasteiger partial charge < -0.3 is 24.4 Å². The fourth-order valence-electron chi connectivity index (χ4n) is 5.51. The number of hydrogen-bond donors (Lipinski definition) is 1. The number of anilines is 1. The van der Waals surface area contributed by atoms with Crippen LogP contribution in [0.15, 0.2) is 95.9 Å². The number of sulfonamides is 1. The molecule has 50 heavy (non-hydrogen) atoms. The molecule has 4 rings (SSSR count). The summed E-state index contributed by atoms with van der Waals surface area (Å²) in [6, 6.07) is 24.7. The molecular weight excluding hydrogens is 678 g/mol. The molecule has 0 aromatic heterocycles. The van der Waals surface area contributed by atoms with Gasteiger partial charge in [-0.25, -0.2) is 8.42 Å². The minimum Gasteiger partial charge on any atom is -0.495 e. The predicted octanol–water partition coefficient (Wildman–Crippen LogP) is 6.43. The van der Waals surface area contributed by atoms with Crippen molar-refractivity contribution in [2.24, 2.45) is 0 Å². The van der Waals surface area contributed by atoms with E-state index in [0.29, 0.717) is 12.3 Å². The first kappa shape index (κ1) is 38.1. The largest absolute Gasteiger partial charge is 0.495 e. The first-order valence-electron chi connectivity index (χ1n) is 16.3. The van der Waals surface area contributed by atoms with Gasteiger partial charge in [-0.3, -0.25) is 13.9 Å². The van der Waals surface area contributed by atoms with Crippen molar-refractivity contribution in [2.45, 2.75) is 50.6 Å². The third-order valence-electron chi connectivity index (χ3n) is 8.33. The molecule has 10 nitrogen and oxygen atoms in total. The van der Waals surface area contributed by atoms with E-state index < -0.39 is 28.5 Å². The number of rotatable bonds is 17. The van der Waals surface area contributed by atoms with Gasteiger partial charge in [0.1, 0.15) is 18.3 Å². The Morgan fingerprint density at radius 3 is 2.16 bits per heavy atom. The van der Waals surface area contributed by atoms with Crippen LogP contribution in [-0.4, -0.2) is 65.6 Å². The number of carbonyl (C=O) groups excluding carboxylic acids is 2. The monoisotopic (exact) mass is 721 g/mol. The van der Waals surface area contributed by atoms with E-state index in [2.05, 4.69) is 5.32 Å². The number of aryl methyl sites for hydroxylation is 1. The highest BCUT2D eigenvalue weighted by atomic mass is 35.5. The number of methoxy groups -OCH3 is 3. The highest BCUT2D eigenvalue weighted by Gasteiger charge is 2.36. The maximum Gasteiger partial charge on any atom is 0.265 e. The van der Waals surface area contributed by atoms with Crippen LogP contribution in [0.25, 0.3) is 0 Å². The lowest BCUT2D eigenvalue weighted by Crippen LogP contribution is -2.53. The molecular formula is C38H44ClN3O7S. The smallest absolute Gasteiger partial charge is 0.265 e. The summed E-state index contributed by atoms with van der Waals surface area (Å²) in [6.45, 7) is 3.77. The number of halogens is 1. The summed E-state index contributed by atoms with van der Waals surface area (Å²) in [6.07, 6.45) is 1.85. The molecule has 0 heterocycles. The highest BCUT2D eigenvalue weighted by Crippen LogP contribution is 2.37. The minimum absolute atomic E-state index is 0.0472. The highest BCUT2D eigenvalue weighted by molar-refractivity contribution is 7.92. The molecule has 266 valence electrons. The van der Waals surface area contributed by atoms with Crippen LogP contribution >= 0.6 is 11.6 Å². The molecule has 12 heteroatoms. The summed E-state index contributed by atoms with van der Waals surface area (Å²) in [4.78, 5) is 30.1. The summed E-state index contributed by atoms with van der Waals surface area (Å²) < 4.78 is 46.5. The number of nitrogens with one attached hydrogen (secondary N) is 1. The summed E-state index contributed by atoms with van der Waals surface area (Å²) in [5, 5.41) is 3.23. The maximum atomic E-state index is 14.8. The molecule has 0 aliphatic carbocycles. The number of nitrogens with zero attached hydrogens (tertiary/aromatic N) is 2. The molecule has 1 atom stereocenters. The number of unbranched alkanes of at least 4 members (excludes halogenated alkanes) is 1. The Morgan fingerprint density at radius 1 is 0.840 bits per heavy atom. The molecule has 0 bridgehead atoms. The van der Waals surface area contributed by atoms with Crippen LogP contribution in [0.3, 0.4) is 0 Å². The van der Waals surface area contributed by atoms with E-state index in [1.54, 1.807) is 6.07 Å². The second-order valence-corrected chi connectivity index (χ2v) is 13.9. The summed E-state index contributed by atoms with van der Waals surface area (Å²) >= 11 is 6.41. The van der Waals surface area contributed by atoms with Crippen LogP contribution in [0.2, 0.25) is 5.02 Å². The zero-order chi connectivity index (χ0) is 36.3. The van der Waals surface area contributed by atoms with E-state index in [-0.39, 0.29) is 46.0 Å². The van der Waals surface area contributed by atoms with Gasteiger partial charge in [-0.1, -0.05) is 79.5 Å². The van der Waals surface area contributed by atoms with Gasteiger partial charge in [0.05, 0.1) is 31.9 Å². The van der Waals surface area contributed by atoms with E-state index >= 15 is 0 Å². The summed E-state index contributed by atoms with van der Waals surface area (Å²) in [5.74, 6) is -0.248. The van der Waals surface area contributed by atoms with Gasteiger partial charge in [0.2, 0.25) is 11.8 Å². The number of amides is 2. The average Bonchev–Trinajstić information content (AvgIpc) is 3.12. The van der Waals surface area contributed by atoms with Gasteiger partial charge in [0, 0.05) is 30.6 Å². The van der Waals surface area contributed by atoms with E-state index in [4.69, 9.17) is 25.8 Å². The first-order chi connectivity index (χ1) is 24.0. The van der Waals surface area contributed by atoms with Crippen LogP contribution in [0.4, 0.5) is 5.69 Å². The van der Waals surface area contributed by atoms with Gasteiger partial charge in [-0.05, 0) is 60.4 Å². The standard InChI is InChI=1S/C38H44ClN3O7S/c1-6-7-21-40-38(44)33(22-28-14-9-8-10-15-28)41(25-29-16-12-11-13-27(29)2)37(43)26-42(32-23-30(39)17-19-34(32)47-3)50(45,46)31-18-20-35(48-4)36(24-31)49-5/h8-20,23-24,33H,6-7,21-22,25-26H2,1-5H3,(H,40,44). The molecule has 2 amide bonds. The van der Waals surface area contributed by atoms with Gasteiger partial charge in [-0.15, -0.1) is 0 Å². The maximum absolute atomic E-state index is 14.8. The molecule has 1 unspecified atom stereocenters. The molecule has 0 radical (unpaired) electrons. The van der Waals surface area contributed by atoms with Crippen molar-refractivity contribution < 1.29 is 32.2 Å². The first-order valence-corrected chi connectivity index (χ1v) is 18.1. The lowest BCUT2D eigenvalue weighted by atomic mass is 10.0. The van der Waals surface area contributed by atoms with Crippen molar-refractivity contribution in [3.63, 3.8) is 0 Å². The van der Waals surface area contributed by atoms with Crippen molar-refractivity contribution in [2.75, 3.05) is 38.7 Å². The molecule has 0 saturated heterocycles. The molecule has 0 saturated carbocycles. The Balaban J connectivity index is 1.88. The van der Waals surface area contributed by atoms with Crippen LogP contribution in [-0.2, 0) is 32.6 Å². The molecule has 0 aliphatic rings. The Labute approximate surface area is 300 Å². The third kappa shape index (κ3) is 9.28. The molecule has 4 aromatic carbocycles. The van der Waals surface area contributed by atoms with E-state index in [1.165, 1.54) is 56.6 Å². The van der Waals surface area contributed by atoms with E-state index in [1.807, 2.05) is 68.4 Å². The zero-order valence-corrected chi connectivity index (χ0v) is 30.6. The van der Waals surface area contributed by atoms with Crippen molar-refractivity contribution in [3.8, 4) is 17.2 Å². The van der Waals surface area contributed by atoms with Crippen LogP contribution in [0.5, 0.6) is 17.2 Å². The van der Waals surface area contributed by atoms with Gasteiger partial charge in [0.25, 0.3) is 10.0 Å². The normalized spacial score (nSPS) is 11.7. The molecule has 0 fully saturated rings. The summed E-state index contributed by atoms with van der Waals surface area (Å²) in [7, 11) is -0.237. The van der Waals surface area contributed by atoms with Gasteiger partial charge in [0.15, 0.2) is 11.5 Å². The Kier molecular flexibility index (Phi) is 13.5. The number of hydrogen-bond acceptors (Lipinski definition) is 7. The van der Waals surface area contributed by atoms with Crippen LogP contribution < -0.4 is 23.8 Å².